The second-order valence-corrected chi connectivity index (χ2v) is 5.95. The van der Waals surface area contributed by atoms with Gasteiger partial charge in [0.15, 0.2) is 0 Å². The fourth-order valence-corrected chi connectivity index (χ4v) is 3.41. The molecule has 0 fully saturated rings. The minimum Gasteiger partial charge on any atom is -0.497 e. The first kappa shape index (κ1) is 17.1. The minimum absolute atomic E-state index is 0. The van der Waals surface area contributed by atoms with Crippen LogP contribution in [0.15, 0.2) is 42.5 Å². The summed E-state index contributed by atoms with van der Waals surface area (Å²) in [5, 5.41) is 4.21. The molecule has 0 aromatic heterocycles. The first-order chi connectivity index (χ1) is 10.2. The molecule has 4 heteroatoms. The number of ether oxygens (including phenoxy) is 1. The summed E-state index contributed by atoms with van der Waals surface area (Å²) in [5.74, 6) is 1.36. The van der Waals surface area contributed by atoms with Crippen molar-refractivity contribution in [3.63, 3.8) is 0 Å². The maximum absolute atomic E-state index is 6.01. The molecule has 0 radical (unpaired) electrons. The second-order valence-electron chi connectivity index (χ2n) is 5.52. The summed E-state index contributed by atoms with van der Waals surface area (Å²) in [6.45, 7) is 0. The van der Waals surface area contributed by atoms with Crippen LogP contribution in [0.4, 0.5) is 0 Å². The van der Waals surface area contributed by atoms with Crippen LogP contribution in [0.3, 0.4) is 0 Å². The lowest BCUT2D eigenvalue weighted by atomic mass is 9.76. The molecule has 0 amide bonds. The number of halogens is 2. The van der Waals surface area contributed by atoms with Gasteiger partial charge in [0.1, 0.15) is 5.75 Å². The Bertz CT molecular complexity index is 627. The van der Waals surface area contributed by atoms with Gasteiger partial charge in [-0.05, 0) is 60.8 Å². The SMILES string of the molecule is CN[C@@H]1CC[C@H](c2ccc(Cl)cc2)c2ccc(OC)cc21.Cl. The van der Waals surface area contributed by atoms with E-state index >= 15 is 0 Å². The predicted octanol–water partition coefficient (Wildman–Crippen LogP) is 4.96. The number of rotatable bonds is 3. The topological polar surface area (TPSA) is 21.3 Å². The van der Waals surface area contributed by atoms with Gasteiger partial charge in [0.25, 0.3) is 0 Å². The maximum Gasteiger partial charge on any atom is 0.119 e. The van der Waals surface area contributed by atoms with Crippen LogP contribution < -0.4 is 10.1 Å². The Hall–Kier alpha value is -1.22. The van der Waals surface area contributed by atoms with Gasteiger partial charge < -0.3 is 10.1 Å². The van der Waals surface area contributed by atoms with Crippen molar-refractivity contribution >= 4 is 24.0 Å². The average molecular weight is 338 g/mol. The van der Waals surface area contributed by atoms with Crippen molar-refractivity contribution in [2.45, 2.75) is 24.8 Å². The van der Waals surface area contributed by atoms with E-state index in [1.807, 2.05) is 19.2 Å². The molecule has 1 aliphatic rings. The van der Waals surface area contributed by atoms with Gasteiger partial charge in [0.2, 0.25) is 0 Å². The van der Waals surface area contributed by atoms with Crippen molar-refractivity contribution in [3.05, 3.63) is 64.2 Å². The third kappa shape index (κ3) is 3.24. The van der Waals surface area contributed by atoms with Gasteiger partial charge in [-0.1, -0.05) is 29.8 Å². The van der Waals surface area contributed by atoms with Crippen LogP contribution >= 0.6 is 24.0 Å². The summed E-state index contributed by atoms with van der Waals surface area (Å²) in [7, 11) is 3.74. The van der Waals surface area contributed by atoms with Crippen LogP contribution in [0.2, 0.25) is 5.02 Å². The Morgan fingerprint density at radius 1 is 1.05 bits per heavy atom. The maximum atomic E-state index is 6.01. The number of hydrogen-bond donors (Lipinski definition) is 1. The quantitative estimate of drug-likeness (QED) is 0.854. The molecule has 2 atom stereocenters. The third-order valence-corrected chi connectivity index (χ3v) is 4.66. The molecule has 0 heterocycles. The fraction of sp³-hybridized carbons (Fsp3) is 0.333. The summed E-state index contributed by atoms with van der Waals surface area (Å²) >= 11 is 6.01. The van der Waals surface area contributed by atoms with Crippen LogP contribution in [0.1, 0.15) is 41.5 Å². The normalized spacial score (nSPS) is 20.0. The van der Waals surface area contributed by atoms with Gasteiger partial charge in [-0.15, -0.1) is 12.4 Å². The van der Waals surface area contributed by atoms with Crippen molar-refractivity contribution in [3.8, 4) is 5.75 Å². The molecule has 0 aliphatic heterocycles. The lowest BCUT2D eigenvalue weighted by Crippen LogP contribution is -2.24. The highest BCUT2D eigenvalue weighted by Crippen LogP contribution is 2.42. The molecule has 22 heavy (non-hydrogen) atoms. The van der Waals surface area contributed by atoms with E-state index in [-0.39, 0.29) is 12.4 Å². The van der Waals surface area contributed by atoms with Crippen molar-refractivity contribution in [2.24, 2.45) is 0 Å². The zero-order chi connectivity index (χ0) is 14.8. The van der Waals surface area contributed by atoms with Crippen LogP contribution in [0.5, 0.6) is 5.75 Å². The summed E-state index contributed by atoms with van der Waals surface area (Å²) < 4.78 is 5.38. The van der Waals surface area contributed by atoms with Crippen molar-refractivity contribution in [1.29, 1.82) is 0 Å². The van der Waals surface area contributed by atoms with Crippen LogP contribution in [-0.4, -0.2) is 14.2 Å². The lowest BCUT2D eigenvalue weighted by Gasteiger charge is -2.32. The second kappa shape index (κ2) is 7.36. The Morgan fingerprint density at radius 3 is 2.41 bits per heavy atom. The van der Waals surface area contributed by atoms with Gasteiger partial charge >= 0.3 is 0 Å². The van der Waals surface area contributed by atoms with Gasteiger partial charge in [-0.25, -0.2) is 0 Å². The zero-order valence-corrected chi connectivity index (χ0v) is 14.4. The molecule has 3 rings (SSSR count). The predicted molar refractivity (Wildman–Crippen MR) is 94.6 cm³/mol. The average Bonchev–Trinajstić information content (AvgIpc) is 2.54. The van der Waals surface area contributed by atoms with Crippen LogP contribution in [-0.2, 0) is 0 Å². The van der Waals surface area contributed by atoms with Crippen molar-refractivity contribution in [2.75, 3.05) is 14.2 Å². The summed E-state index contributed by atoms with van der Waals surface area (Å²) in [4.78, 5) is 0. The van der Waals surface area contributed by atoms with Gasteiger partial charge in [0.05, 0.1) is 7.11 Å². The Balaban J connectivity index is 0.00000176. The van der Waals surface area contributed by atoms with Crippen molar-refractivity contribution < 1.29 is 4.74 Å². The van der Waals surface area contributed by atoms with E-state index in [0.29, 0.717) is 12.0 Å². The van der Waals surface area contributed by atoms with Crippen LogP contribution in [0, 0.1) is 0 Å². The van der Waals surface area contributed by atoms with Gasteiger partial charge in [0, 0.05) is 17.0 Å². The van der Waals surface area contributed by atoms with Gasteiger partial charge in [-0.3, -0.25) is 0 Å². The Labute approximate surface area is 143 Å². The monoisotopic (exact) mass is 337 g/mol. The number of fused-ring (bicyclic) bond motifs is 1. The third-order valence-electron chi connectivity index (χ3n) is 4.41. The van der Waals surface area contributed by atoms with E-state index in [4.69, 9.17) is 16.3 Å². The molecule has 2 nitrogen and oxygen atoms in total. The lowest BCUT2D eigenvalue weighted by molar-refractivity contribution is 0.409. The highest BCUT2D eigenvalue weighted by Gasteiger charge is 2.27. The highest BCUT2D eigenvalue weighted by atomic mass is 35.5. The molecule has 118 valence electrons. The van der Waals surface area contributed by atoms with Crippen LogP contribution in [0.25, 0.3) is 0 Å². The molecule has 0 unspecified atom stereocenters. The Morgan fingerprint density at radius 2 is 1.77 bits per heavy atom. The summed E-state index contributed by atoms with van der Waals surface area (Å²) in [6, 6.07) is 15.1. The van der Waals surface area contributed by atoms with E-state index in [1.54, 1.807) is 7.11 Å². The highest BCUT2D eigenvalue weighted by molar-refractivity contribution is 6.30. The first-order valence-corrected chi connectivity index (χ1v) is 7.71. The molecule has 0 saturated carbocycles. The largest absolute Gasteiger partial charge is 0.497 e. The zero-order valence-electron chi connectivity index (χ0n) is 12.8. The molecule has 2 aromatic rings. The van der Waals surface area contributed by atoms with Gasteiger partial charge in [-0.2, -0.15) is 0 Å². The molecule has 1 N–H and O–H groups in total. The Kier molecular flexibility index (Phi) is 5.74. The molecular formula is C18H21Cl2NO. The van der Waals surface area contributed by atoms with E-state index in [1.165, 1.54) is 16.7 Å². The van der Waals surface area contributed by atoms with Crippen molar-refractivity contribution in [1.82, 2.24) is 5.32 Å². The van der Waals surface area contributed by atoms with E-state index < -0.39 is 0 Å². The number of hydrogen-bond acceptors (Lipinski definition) is 2. The standard InChI is InChI=1S/C18H20ClNO.ClH/c1-20-18-10-9-15(12-3-5-13(19)6-4-12)16-8-7-14(21-2)11-17(16)18;/h3-8,11,15,18,20H,9-10H2,1-2H3;1H/t15-,18-;/m1./s1. The number of benzene rings is 2. The van der Waals surface area contributed by atoms with E-state index in [2.05, 4.69) is 35.6 Å². The molecule has 0 saturated heterocycles. The fourth-order valence-electron chi connectivity index (χ4n) is 3.28. The number of nitrogens with one attached hydrogen (secondary N) is 1. The number of methoxy groups -OCH3 is 1. The van der Waals surface area contributed by atoms with E-state index in [9.17, 15) is 0 Å². The molecule has 0 bridgehead atoms. The molecule has 2 aromatic carbocycles. The summed E-state index contributed by atoms with van der Waals surface area (Å²) in [6.07, 6.45) is 2.27. The molecule has 1 aliphatic carbocycles. The first-order valence-electron chi connectivity index (χ1n) is 7.33. The minimum atomic E-state index is 0. The smallest absolute Gasteiger partial charge is 0.119 e. The molecule has 0 spiro atoms. The molecular weight excluding hydrogens is 317 g/mol. The van der Waals surface area contributed by atoms with E-state index in [0.717, 1.165) is 23.6 Å². The summed E-state index contributed by atoms with van der Waals surface area (Å²) in [5.41, 5.74) is 4.08.